The molecule has 2 aromatic carbocycles. The van der Waals surface area contributed by atoms with E-state index in [1.54, 1.807) is 42.7 Å². The largest absolute Gasteiger partial charge is 0.493 e. The van der Waals surface area contributed by atoms with Crippen molar-refractivity contribution in [3.63, 3.8) is 0 Å². The fourth-order valence-electron chi connectivity index (χ4n) is 5.30. The summed E-state index contributed by atoms with van der Waals surface area (Å²) in [5, 5.41) is 0. The molecule has 212 valence electrons. The Labute approximate surface area is 224 Å². The zero-order valence-corrected chi connectivity index (χ0v) is 23.8. The van der Waals surface area contributed by atoms with Crippen molar-refractivity contribution in [3.05, 3.63) is 34.9 Å². The minimum Gasteiger partial charge on any atom is -0.493 e. The Bertz CT molecular complexity index is 1210. The van der Waals surface area contributed by atoms with Gasteiger partial charge in [-0.25, -0.2) is 4.18 Å². The van der Waals surface area contributed by atoms with Crippen LogP contribution in [0.5, 0.6) is 34.5 Å². The molecule has 1 aliphatic rings. The van der Waals surface area contributed by atoms with Crippen molar-refractivity contribution >= 4 is 10.4 Å². The second kappa shape index (κ2) is 12.3. The number of methoxy groups -OCH3 is 6. The van der Waals surface area contributed by atoms with E-state index in [0.29, 0.717) is 58.4 Å². The van der Waals surface area contributed by atoms with Crippen molar-refractivity contribution in [1.82, 2.24) is 0 Å². The Kier molecular flexibility index (Phi) is 9.58. The third kappa shape index (κ3) is 6.20. The molecule has 0 saturated heterocycles. The van der Waals surface area contributed by atoms with Crippen molar-refractivity contribution in [2.45, 2.75) is 25.3 Å². The normalized spacial score (nSPS) is 18.9. The Hall–Kier alpha value is -2.93. The van der Waals surface area contributed by atoms with Gasteiger partial charge in [-0.05, 0) is 29.3 Å². The molecule has 0 aliphatic carbocycles. The molecule has 38 heavy (non-hydrogen) atoms. The summed E-state index contributed by atoms with van der Waals surface area (Å²) in [6.07, 6.45) is 1.73. The summed E-state index contributed by atoms with van der Waals surface area (Å²) in [4.78, 5) is 0. The van der Waals surface area contributed by atoms with Gasteiger partial charge in [-0.1, -0.05) is 0 Å². The molecular formula is C26H38NO10S+. The molecule has 2 atom stereocenters. The second-order valence-electron chi connectivity index (χ2n) is 9.25. The third-order valence-corrected chi connectivity index (χ3v) is 7.60. The van der Waals surface area contributed by atoms with Crippen molar-refractivity contribution in [1.29, 1.82) is 0 Å². The summed E-state index contributed by atoms with van der Waals surface area (Å²) in [7, 11) is 7.10. The van der Waals surface area contributed by atoms with Gasteiger partial charge in [0.05, 0.1) is 75.0 Å². The highest BCUT2D eigenvalue weighted by Crippen LogP contribution is 2.50. The van der Waals surface area contributed by atoms with Crippen LogP contribution in [-0.4, -0.2) is 86.9 Å². The van der Waals surface area contributed by atoms with E-state index in [1.807, 2.05) is 18.2 Å². The highest BCUT2D eigenvalue weighted by molar-refractivity contribution is 7.80. The van der Waals surface area contributed by atoms with Crippen LogP contribution in [0, 0.1) is 0 Å². The maximum atomic E-state index is 11.1. The van der Waals surface area contributed by atoms with Crippen LogP contribution in [0.2, 0.25) is 0 Å². The van der Waals surface area contributed by atoms with Gasteiger partial charge in [0.1, 0.15) is 6.04 Å². The van der Waals surface area contributed by atoms with Gasteiger partial charge >= 0.3 is 10.4 Å². The Morgan fingerprint density at radius 3 is 1.89 bits per heavy atom. The molecule has 0 spiro atoms. The number of hydrogen-bond donors (Lipinski definition) is 1. The van der Waals surface area contributed by atoms with Gasteiger partial charge in [0.2, 0.25) is 11.5 Å². The first-order valence-electron chi connectivity index (χ1n) is 12.1. The zero-order chi connectivity index (χ0) is 28.1. The molecule has 1 N–H and O–H groups in total. The van der Waals surface area contributed by atoms with Crippen LogP contribution >= 0.6 is 0 Å². The van der Waals surface area contributed by atoms with Crippen LogP contribution in [0.25, 0.3) is 0 Å². The minimum absolute atomic E-state index is 0.123. The number of rotatable bonds is 13. The van der Waals surface area contributed by atoms with Crippen molar-refractivity contribution in [2.24, 2.45) is 0 Å². The third-order valence-electron chi connectivity index (χ3n) is 7.13. The fraction of sp³-hybridized carbons (Fsp3) is 0.538. The summed E-state index contributed by atoms with van der Waals surface area (Å²) < 4.78 is 70.2. The SMILES string of the molecule is COc1cc(C[C@@H]2c3c(cc(OC)c(OC)c3OC)CC[N@@+]2(C)CCCOS(=O)(=O)O)cc(OC)c1OC. The smallest absolute Gasteiger partial charge is 0.397 e. The van der Waals surface area contributed by atoms with E-state index in [1.165, 1.54) is 0 Å². The van der Waals surface area contributed by atoms with Crippen LogP contribution < -0.4 is 28.4 Å². The molecule has 0 radical (unpaired) electrons. The average Bonchev–Trinajstić information content (AvgIpc) is 2.90. The second-order valence-corrected chi connectivity index (χ2v) is 10.3. The fourth-order valence-corrected chi connectivity index (χ4v) is 5.63. The van der Waals surface area contributed by atoms with Crippen LogP contribution in [0.1, 0.15) is 29.2 Å². The lowest BCUT2D eigenvalue weighted by Gasteiger charge is -2.46. The van der Waals surface area contributed by atoms with E-state index >= 15 is 0 Å². The number of quaternary nitrogens is 1. The van der Waals surface area contributed by atoms with E-state index in [-0.39, 0.29) is 12.6 Å². The molecule has 0 fully saturated rings. The molecule has 1 heterocycles. The molecule has 0 aromatic heterocycles. The summed E-state index contributed by atoms with van der Waals surface area (Å²) in [6, 6.07) is 5.72. The van der Waals surface area contributed by atoms with E-state index in [0.717, 1.165) is 29.7 Å². The summed E-state index contributed by atoms with van der Waals surface area (Å²) in [6.45, 7) is 1.23. The number of nitrogens with zero attached hydrogens (tertiary/aromatic N) is 1. The van der Waals surface area contributed by atoms with Gasteiger partial charge in [0.15, 0.2) is 23.0 Å². The van der Waals surface area contributed by atoms with Gasteiger partial charge in [0, 0.05) is 19.3 Å². The molecule has 2 aromatic rings. The average molecular weight is 557 g/mol. The standard InChI is InChI=1S/C26H37NO10S/c1-27(10-8-12-37-38(28,29)30)11-9-18-16-22(33-4)25(35-6)26(36-7)23(18)19(27)13-17-14-20(31-2)24(34-5)21(15-17)32-3/h14-16,19H,8-13H2,1-7H3/p+1/t19-,27-/m1/s1. The molecule has 0 amide bonds. The van der Waals surface area contributed by atoms with Crippen LogP contribution in [0.3, 0.4) is 0 Å². The van der Waals surface area contributed by atoms with Crippen molar-refractivity contribution in [3.8, 4) is 34.5 Å². The van der Waals surface area contributed by atoms with Crippen molar-refractivity contribution < 1.29 is 50.1 Å². The summed E-state index contributed by atoms with van der Waals surface area (Å²) in [5.41, 5.74) is 3.03. The number of hydrogen-bond acceptors (Lipinski definition) is 9. The minimum atomic E-state index is -4.50. The topological polar surface area (TPSA) is 119 Å². The van der Waals surface area contributed by atoms with Crippen LogP contribution in [-0.2, 0) is 27.4 Å². The predicted octanol–water partition coefficient (Wildman–Crippen LogP) is 3.23. The lowest BCUT2D eigenvalue weighted by molar-refractivity contribution is -0.941. The highest BCUT2D eigenvalue weighted by atomic mass is 32.3. The molecule has 0 unspecified atom stereocenters. The van der Waals surface area contributed by atoms with Gasteiger partial charge in [-0.3, -0.25) is 4.55 Å². The molecule has 0 saturated carbocycles. The van der Waals surface area contributed by atoms with Crippen LogP contribution in [0.15, 0.2) is 18.2 Å². The highest BCUT2D eigenvalue weighted by Gasteiger charge is 2.43. The van der Waals surface area contributed by atoms with Crippen molar-refractivity contribution in [2.75, 3.05) is 69.4 Å². The molecule has 12 heteroatoms. The molecule has 1 aliphatic heterocycles. The van der Waals surface area contributed by atoms with E-state index in [9.17, 15) is 8.42 Å². The summed E-state index contributed by atoms with van der Waals surface area (Å²) >= 11 is 0. The Morgan fingerprint density at radius 1 is 0.842 bits per heavy atom. The number of ether oxygens (including phenoxy) is 6. The molecule has 0 bridgehead atoms. The monoisotopic (exact) mass is 556 g/mol. The zero-order valence-electron chi connectivity index (χ0n) is 23.0. The molecule has 11 nitrogen and oxygen atoms in total. The maximum Gasteiger partial charge on any atom is 0.397 e. The lowest BCUT2D eigenvalue weighted by atomic mass is 9.85. The molecular weight excluding hydrogens is 518 g/mol. The Balaban J connectivity index is 2.14. The number of benzene rings is 2. The van der Waals surface area contributed by atoms with E-state index in [2.05, 4.69) is 11.2 Å². The van der Waals surface area contributed by atoms with E-state index in [4.69, 9.17) is 33.0 Å². The van der Waals surface area contributed by atoms with Gasteiger partial charge in [-0.2, -0.15) is 8.42 Å². The summed E-state index contributed by atoms with van der Waals surface area (Å²) in [5.74, 6) is 3.30. The predicted molar refractivity (Wildman–Crippen MR) is 140 cm³/mol. The first-order chi connectivity index (χ1) is 18.0. The molecule has 3 rings (SSSR count). The first-order valence-corrected chi connectivity index (χ1v) is 13.5. The van der Waals surface area contributed by atoms with Gasteiger partial charge in [0.25, 0.3) is 0 Å². The maximum absolute atomic E-state index is 11.1. The first kappa shape index (κ1) is 29.6. The van der Waals surface area contributed by atoms with Gasteiger partial charge in [-0.15, -0.1) is 0 Å². The van der Waals surface area contributed by atoms with Crippen LogP contribution in [0.4, 0.5) is 0 Å². The number of likely N-dealkylation sites (N-methyl/N-ethyl adjacent to an activating group) is 1. The van der Waals surface area contributed by atoms with E-state index < -0.39 is 10.4 Å². The quantitative estimate of drug-likeness (QED) is 0.224. The Morgan fingerprint density at radius 2 is 1.39 bits per heavy atom. The van der Waals surface area contributed by atoms with Gasteiger partial charge < -0.3 is 32.9 Å². The number of fused-ring (bicyclic) bond motifs is 1. The lowest BCUT2D eigenvalue weighted by Crippen LogP contribution is -2.52.